The zero-order chi connectivity index (χ0) is 22.0. The fraction of sp³-hybridized carbons (Fsp3) is 0.250. The van der Waals surface area contributed by atoms with E-state index in [-0.39, 0.29) is 5.56 Å². The maximum absolute atomic E-state index is 12.3. The molecule has 0 atom stereocenters. The van der Waals surface area contributed by atoms with Gasteiger partial charge in [0.2, 0.25) is 0 Å². The van der Waals surface area contributed by atoms with Crippen LogP contribution in [0.5, 0.6) is 11.5 Å². The van der Waals surface area contributed by atoms with E-state index in [1.54, 1.807) is 25.8 Å². The Morgan fingerprint density at radius 2 is 1.74 bits per heavy atom. The number of aryl methyl sites for hydroxylation is 1. The molecule has 31 heavy (non-hydrogen) atoms. The van der Waals surface area contributed by atoms with E-state index >= 15 is 0 Å². The number of aromatic nitrogens is 3. The number of anilines is 1. The minimum absolute atomic E-state index is 0.0382. The Balaban J connectivity index is 1.75. The SMILES string of the molecule is CCNc1cc(-c2ccc3cnn(Cc4cc(OC)cc(OC)c4)c3c2)cn(C)c1=O. The van der Waals surface area contributed by atoms with E-state index in [2.05, 4.69) is 28.6 Å². The first-order valence-corrected chi connectivity index (χ1v) is 10.1. The van der Waals surface area contributed by atoms with Crippen LogP contribution in [0.1, 0.15) is 12.5 Å². The fourth-order valence-electron chi connectivity index (χ4n) is 3.69. The molecule has 0 aliphatic heterocycles. The molecule has 0 unspecified atom stereocenters. The molecule has 4 rings (SSSR count). The fourth-order valence-corrected chi connectivity index (χ4v) is 3.69. The maximum atomic E-state index is 12.3. The number of hydrogen-bond acceptors (Lipinski definition) is 5. The van der Waals surface area contributed by atoms with Gasteiger partial charge in [0.25, 0.3) is 5.56 Å². The third kappa shape index (κ3) is 4.12. The summed E-state index contributed by atoms with van der Waals surface area (Å²) in [7, 11) is 5.05. The Kier molecular flexibility index (Phi) is 5.66. The number of ether oxygens (including phenoxy) is 2. The molecular formula is C24H26N4O3. The van der Waals surface area contributed by atoms with Crippen LogP contribution in [0.2, 0.25) is 0 Å². The highest BCUT2D eigenvalue weighted by Crippen LogP contribution is 2.27. The molecule has 0 fully saturated rings. The van der Waals surface area contributed by atoms with Crippen molar-refractivity contribution >= 4 is 16.6 Å². The van der Waals surface area contributed by atoms with Crippen LogP contribution in [0.3, 0.4) is 0 Å². The second kappa shape index (κ2) is 8.55. The highest BCUT2D eigenvalue weighted by molar-refractivity contribution is 5.84. The van der Waals surface area contributed by atoms with Gasteiger partial charge in [-0.1, -0.05) is 12.1 Å². The Hall–Kier alpha value is -3.74. The summed E-state index contributed by atoms with van der Waals surface area (Å²) in [5.74, 6) is 1.49. The molecular weight excluding hydrogens is 392 g/mol. The third-order valence-electron chi connectivity index (χ3n) is 5.27. The molecule has 7 heteroatoms. The van der Waals surface area contributed by atoms with E-state index in [0.717, 1.165) is 39.1 Å². The molecule has 0 saturated carbocycles. The van der Waals surface area contributed by atoms with Crippen LogP contribution < -0.4 is 20.3 Å². The number of pyridine rings is 1. The zero-order valence-electron chi connectivity index (χ0n) is 18.2. The quantitative estimate of drug-likeness (QED) is 0.493. The van der Waals surface area contributed by atoms with E-state index in [1.165, 1.54) is 0 Å². The summed E-state index contributed by atoms with van der Waals surface area (Å²) in [5, 5.41) is 8.78. The molecule has 2 heterocycles. The van der Waals surface area contributed by atoms with Crippen molar-refractivity contribution in [2.45, 2.75) is 13.5 Å². The lowest BCUT2D eigenvalue weighted by Gasteiger charge is -2.11. The van der Waals surface area contributed by atoms with Gasteiger partial charge in [-0.2, -0.15) is 5.10 Å². The zero-order valence-corrected chi connectivity index (χ0v) is 18.2. The molecule has 0 aliphatic rings. The van der Waals surface area contributed by atoms with Crippen LogP contribution in [0, 0.1) is 0 Å². The van der Waals surface area contributed by atoms with E-state index in [1.807, 2.05) is 48.3 Å². The van der Waals surface area contributed by atoms with Crippen LogP contribution in [0.25, 0.3) is 22.0 Å². The maximum Gasteiger partial charge on any atom is 0.273 e. The molecule has 160 valence electrons. The minimum Gasteiger partial charge on any atom is -0.497 e. The van der Waals surface area contributed by atoms with Crippen LogP contribution in [0.15, 0.2) is 59.7 Å². The van der Waals surface area contributed by atoms with E-state index < -0.39 is 0 Å². The predicted octanol–water partition coefficient (Wildman–Crippen LogP) is 3.90. The standard InChI is InChI=1S/C24H26N4O3/c1-5-25-22-10-19(15-27(2)24(22)29)17-6-7-18-13-26-28(23(18)11-17)14-16-8-20(30-3)12-21(9-16)31-4/h6-13,15,25H,5,14H2,1-4H3. The van der Waals surface area contributed by atoms with Crippen molar-refractivity contribution in [3.8, 4) is 22.6 Å². The van der Waals surface area contributed by atoms with Crippen molar-refractivity contribution in [1.82, 2.24) is 14.3 Å². The van der Waals surface area contributed by atoms with Crippen molar-refractivity contribution in [3.05, 3.63) is 70.8 Å². The van der Waals surface area contributed by atoms with Gasteiger partial charge < -0.3 is 19.4 Å². The lowest BCUT2D eigenvalue weighted by Crippen LogP contribution is -2.20. The summed E-state index contributed by atoms with van der Waals surface area (Å²) in [5.41, 5.74) is 4.59. The molecule has 0 saturated heterocycles. The van der Waals surface area contributed by atoms with Gasteiger partial charge in [0.1, 0.15) is 17.2 Å². The van der Waals surface area contributed by atoms with Gasteiger partial charge in [-0.15, -0.1) is 0 Å². The van der Waals surface area contributed by atoms with Crippen molar-refractivity contribution in [3.63, 3.8) is 0 Å². The molecule has 2 aromatic carbocycles. The van der Waals surface area contributed by atoms with Gasteiger partial charge in [-0.05, 0) is 42.3 Å². The van der Waals surface area contributed by atoms with Crippen LogP contribution >= 0.6 is 0 Å². The molecule has 0 spiro atoms. The monoisotopic (exact) mass is 418 g/mol. The second-order valence-corrected chi connectivity index (χ2v) is 7.39. The number of nitrogens with zero attached hydrogens (tertiary/aromatic N) is 3. The van der Waals surface area contributed by atoms with Gasteiger partial charge in [0, 0.05) is 36.8 Å². The van der Waals surface area contributed by atoms with Crippen molar-refractivity contribution in [1.29, 1.82) is 0 Å². The Bertz CT molecular complexity index is 1270. The van der Waals surface area contributed by atoms with Crippen LogP contribution in [0.4, 0.5) is 5.69 Å². The topological polar surface area (TPSA) is 70.3 Å². The Morgan fingerprint density at radius 3 is 2.42 bits per heavy atom. The summed E-state index contributed by atoms with van der Waals surface area (Å²) in [4.78, 5) is 12.3. The number of fused-ring (bicyclic) bond motifs is 1. The first kappa shape index (κ1) is 20.5. The molecule has 0 bridgehead atoms. The summed E-state index contributed by atoms with van der Waals surface area (Å²) in [6.07, 6.45) is 3.72. The minimum atomic E-state index is -0.0382. The largest absolute Gasteiger partial charge is 0.497 e. The van der Waals surface area contributed by atoms with Gasteiger partial charge in [-0.25, -0.2) is 0 Å². The summed E-state index contributed by atoms with van der Waals surface area (Å²) in [6, 6.07) is 13.9. The van der Waals surface area contributed by atoms with Crippen molar-refractivity contribution in [2.24, 2.45) is 7.05 Å². The molecule has 0 aliphatic carbocycles. The Morgan fingerprint density at radius 1 is 1.00 bits per heavy atom. The van der Waals surface area contributed by atoms with Crippen LogP contribution in [-0.2, 0) is 13.6 Å². The first-order valence-electron chi connectivity index (χ1n) is 10.1. The number of hydrogen-bond donors (Lipinski definition) is 1. The lowest BCUT2D eigenvalue weighted by molar-refractivity contribution is 0.393. The smallest absolute Gasteiger partial charge is 0.273 e. The average molecular weight is 418 g/mol. The molecule has 0 amide bonds. The van der Waals surface area contributed by atoms with Crippen LogP contribution in [-0.4, -0.2) is 35.1 Å². The summed E-state index contributed by atoms with van der Waals surface area (Å²) < 4.78 is 14.3. The highest BCUT2D eigenvalue weighted by Gasteiger charge is 2.10. The van der Waals surface area contributed by atoms with E-state index in [4.69, 9.17) is 9.47 Å². The number of rotatable bonds is 7. The lowest BCUT2D eigenvalue weighted by atomic mass is 10.1. The number of methoxy groups -OCH3 is 2. The van der Waals surface area contributed by atoms with Gasteiger partial charge in [0.15, 0.2) is 0 Å². The molecule has 7 nitrogen and oxygen atoms in total. The van der Waals surface area contributed by atoms with Crippen molar-refractivity contribution < 1.29 is 9.47 Å². The molecule has 4 aromatic rings. The van der Waals surface area contributed by atoms with E-state index in [9.17, 15) is 4.79 Å². The van der Waals surface area contributed by atoms with Gasteiger partial charge >= 0.3 is 0 Å². The van der Waals surface area contributed by atoms with Gasteiger partial charge in [0.05, 0.1) is 32.5 Å². The molecule has 0 radical (unpaired) electrons. The first-order chi connectivity index (χ1) is 15.0. The molecule has 2 aromatic heterocycles. The average Bonchev–Trinajstić information content (AvgIpc) is 3.18. The Labute approximate surface area is 180 Å². The van der Waals surface area contributed by atoms with E-state index in [0.29, 0.717) is 18.8 Å². The highest BCUT2D eigenvalue weighted by atomic mass is 16.5. The third-order valence-corrected chi connectivity index (χ3v) is 5.27. The normalized spacial score (nSPS) is 11.0. The number of benzene rings is 2. The molecule has 1 N–H and O–H groups in total. The predicted molar refractivity (Wildman–Crippen MR) is 123 cm³/mol. The summed E-state index contributed by atoms with van der Waals surface area (Å²) >= 11 is 0. The number of nitrogens with one attached hydrogen (secondary N) is 1. The van der Waals surface area contributed by atoms with Gasteiger partial charge in [-0.3, -0.25) is 9.48 Å². The van der Waals surface area contributed by atoms with Crippen molar-refractivity contribution in [2.75, 3.05) is 26.1 Å². The summed E-state index contributed by atoms with van der Waals surface area (Å²) in [6.45, 7) is 3.25. The second-order valence-electron chi connectivity index (χ2n) is 7.39.